The van der Waals surface area contributed by atoms with Crippen molar-refractivity contribution in [3.05, 3.63) is 0 Å². The van der Waals surface area contributed by atoms with Gasteiger partial charge in [-0.25, -0.2) is 9.59 Å². The summed E-state index contributed by atoms with van der Waals surface area (Å²) in [6.07, 6.45) is -10.7. The number of carbonyl (C=O) groups excluding carboxylic acids is 4. The molecule has 0 bridgehead atoms. The Kier molecular flexibility index (Phi) is 21.8. The fourth-order valence-corrected chi connectivity index (χ4v) is 10.2. The number of methoxy groups -OCH3 is 1. The van der Waals surface area contributed by atoms with E-state index in [-0.39, 0.29) is 30.9 Å². The van der Waals surface area contributed by atoms with Crippen molar-refractivity contribution in [3.8, 4) is 0 Å². The van der Waals surface area contributed by atoms with E-state index in [0.717, 1.165) is 0 Å². The summed E-state index contributed by atoms with van der Waals surface area (Å²) in [7, 11) is 6.92. The van der Waals surface area contributed by atoms with Crippen molar-refractivity contribution in [3.63, 3.8) is 0 Å². The molecule has 5 N–H and O–H groups in total. The van der Waals surface area contributed by atoms with Crippen LogP contribution >= 0.6 is 12.6 Å². The summed E-state index contributed by atoms with van der Waals surface area (Å²) in [6, 6.07) is -2.24. The van der Waals surface area contributed by atoms with E-state index < -0.39 is 138 Å². The smallest absolute Gasteiger partial charge is 0.347 e. The third kappa shape index (κ3) is 14.7. The predicted molar refractivity (Wildman–Crippen MR) is 250 cm³/mol. The van der Waals surface area contributed by atoms with Crippen molar-refractivity contribution in [2.45, 2.75) is 218 Å². The summed E-state index contributed by atoms with van der Waals surface area (Å²) >= 11 is 4.15. The molecule has 0 aliphatic carbocycles. The molecule has 20 atom stereocenters. The van der Waals surface area contributed by atoms with Gasteiger partial charge in [-0.2, -0.15) is 12.6 Å². The van der Waals surface area contributed by atoms with Crippen LogP contribution in [0.1, 0.15) is 115 Å². The van der Waals surface area contributed by atoms with E-state index in [2.05, 4.69) is 17.9 Å². The van der Waals surface area contributed by atoms with Crippen LogP contribution in [0, 0.1) is 17.8 Å². The molecule has 3 fully saturated rings. The van der Waals surface area contributed by atoms with Gasteiger partial charge in [-0.3, -0.25) is 9.59 Å². The van der Waals surface area contributed by atoms with Crippen LogP contribution in [0.5, 0.6) is 0 Å². The van der Waals surface area contributed by atoms with Gasteiger partial charge in [0, 0.05) is 44.7 Å². The minimum Gasteiger partial charge on any atom is -0.459 e. The number of carbonyl (C=O) groups is 4. The number of ether oxygens (including phenoxy) is 8. The Labute approximate surface area is 403 Å². The second-order valence-electron chi connectivity index (χ2n) is 20.3. The normalized spacial score (nSPS) is 41.8. The fraction of sp³-hybridized carbons (Fsp3) is 0.915. The van der Waals surface area contributed by atoms with Gasteiger partial charge in [0.1, 0.15) is 30.0 Å². The Morgan fingerprint density at radius 1 is 0.955 bits per heavy atom. The maximum Gasteiger partial charge on any atom is 0.347 e. The minimum absolute atomic E-state index is 0.0520. The van der Waals surface area contributed by atoms with Gasteiger partial charge in [-0.15, -0.1) is 0 Å². The zero-order valence-corrected chi connectivity index (χ0v) is 43.7. The summed E-state index contributed by atoms with van der Waals surface area (Å²) in [4.78, 5) is 56.9. The summed E-state index contributed by atoms with van der Waals surface area (Å²) in [5.74, 6) is -5.44. The van der Waals surface area contributed by atoms with Gasteiger partial charge in [-0.1, -0.05) is 27.7 Å². The lowest BCUT2D eigenvalue weighted by Gasteiger charge is -2.49. The summed E-state index contributed by atoms with van der Waals surface area (Å²) < 4.78 is 50.2. The first kappa shape index (κ1) is 59.1. The Bertz CT molecular complexity index is 1630. The highest BCUT2D eigenvalue weighted by atomic mass is 32.1. The van der Waals surface area contributed by atoms with Gasteiger partial charge in [0.15, 0.2) is 24.8 Å². The molecule has 0 aromatic rings. The van der Waals surface area contributed by atoms with Crippen molar-refractivity contribution in [2.24, 2.45) is 17.8 Å². The number of likely N-dealkylation sites (N-methyl/N-ethyl adjacent to an activating group) is 2. The number of thiol groups is 1. The van der Waals surface area contributed by atoms with Crippen LogP contribution in [0.4, 0.5) is 0 Å². The van der Waals surface area contributed by atoms with Gasteiger partial charge in [0.25, 0.3) is 0 Å². The number of cyclic esters (lactones) is 1. The van der Waals surface area contributed by atoms with Gasteiger partial charge in [0.05, 0.1) is 47.6 Å². The first-order chi connectivity index (χ1) is 31.0. The molecule has 0 aromatic heterocycles. The molecule has 67 heavy (non-hydrogen) atoms. The van der Waals surface area contributed by atoms with Crippen molar-refractivity contribution in [2.75, 3.05) is 40.6 Å². The topological polar surface area (TPSA) is 242 Å². The summed E-state index contributed by atoms with van der Waals surface area (Å²) in [6.45, 7) is 20.2. The molecule has 1 amide bonds. The molecule has 0 spiro atoms. The van der Waals surface area contributed by atoms with Gasteiger partial charge < -0.3 is 73.4 Å². The molecule has 0 aromatic carbocycles. The van der Waals surface area contributed by atoms with Gasteiger partial charge in [0.2, 0.25) is 5.91 Å². The molecule has 390 valence electrons. The highest BCUT2D eigenvalue weighted by molar-refractivity contribution is 7.80. The molecule has 20 heteroatoms. The van der Waals surface area contributed by atoms with E-state index >= 15 is 0 Å². The van der Waals surface area contributed by atoms with E-state index in [0.29, 0.717) is 19.4 Å². The Morgan fingerprint density at radius 2 is 1.58 bits per heavy atom. The average molecular weight is 980 g/mol. The van der Waals surface area contributed by atoms with Gasteiger partial charge in [-0.05, 0) is 101 Å². The number of nitrogens with zero attached hydrogens (tertiary/aromatic N) is 2. The number of esters is 3. The Morgan fingerprint density at radius 3 is 2.12 bits per heavy atom. The molecule has 19 nitrogen and oxygen atoms in total. The van der Waals surface area contributed by atoms with Crippen LogP contribution in [0.15, 0.2) is 0 Å². The number of aliphatic hydroxyl groups is 4. The van der Waals surface area contributed by atoms with Gasteiger partial charge >= 0.3 is 17.9 Å². The van der Waals surface area contributed by atoms with Crippen molar-refractivity contribution in [1.82, 2.24) is 15.1 Å². The number of nitrogens with one attached hydrogen (secondary N) is 1. The molecule has 0 radical (unpaired) electrons. The highest BCUT2D eigenvalue weighted by Gasteiger charge is 2.53. The standard InChI is InChI=1S/C47H85N3O16S/c1-17-31-19-33(49(13)14)37(65-42(55)29(8)61-43(56)32(23-67)48-30(9)51)44(62-31)66-40-25(4)36(64-35-21-46(11,59-16)39(53)28(7)60-35)26(5)41(54)63-34(18-2)47(12,58)38(52)27(6)50(15)22-24(3)20-45(40,10)57/h24-29,31-40,44,52-53,57-58,67H,17-23H2,1-16H3,(H,48,51)/t24-,25+,26-,27-,28+,29+,31-,32-,33+,34-,35-,36+,37-,38-,39+,40-,44+,45-,46-,47-/m1/s1. The molecule has 3 saturated heterocycles. The van der Waals surface area contributed by atoms with Crippen LogP contribution in [0.3, 0.4) is 0 Å². The molecular weight excluding hydrogens is 895 g/mol. The SMILES string of the molecule is CC[C@@H]1C[C@H](N(C)C)[C@@H](OC(=O)[C@H](C)OC(=O)[C@@H](CS)NC(C)=O)[C@H](O[C@@H]2[C@@H](C)[C@H](O[C@@H]3C[C@@](C)(OC)[C@@H](O)[C@H](C)O3)[C@@H](C)C(=O)O[C@H](CC)[C@@](C)(O)[C@H](O)[C@@H](C)N(C)C[C@H](C)C[C@@]2(C)O)O1. The Hall–Kier alpha value is -2.21. The van der Waals surface area contributed by atoms with Crippen LogP contribution in [-0.2, 0) is 57.1 Å². The number of amides is 1. The van der Waals surface area contributed by atoms with E-state index in [1.165, 1.54) is 27.9 Å². The lowest BCUT2D eigenvalue weighted by Crippen LogP contribution is -2.61. The zero-order chi connectivity index (χ0) is 51.1. The second kappa shape index (κ2) is 24.8. The fourth-order valence-electron chi connectivity index (χ4n) is 9.96. The molecular formula is C47H85N3O16S. The van der Waals surface area contributed by atoms with Crippen LogP contribution in [-0.4, -0.2) is 197 Å². The lowest BCUT2D eigenvalue weighted by molar-refractivity contribution is -0.320. The molecule has 3 rings (SSSR count). The lowest BCUT2D eigenvalue weighted by atomic mass is 9.77. The van der Waals surface area contributed by atoms with E-state index in [1.807, 2.05) is 37.7 Å². The quantitative estimate of drug-likeness (QED) is 0.0831. The van der Waals surface area contributed by atoms with Crippen LogP contribution in [0.25, 0.3) is 0 Å². The minimum atomic E-state index is -1.88. The van der Waals surface area contributed by atoms with E-state index in [4.69, 9.17) is 37.9 Å². The predicted octanol–water partition coefficient (Wildman–Crippen LogP) is 2.21. The maximum absolute atomic E-state index is 14.5. The molecule has 0 saturated carbocycles. The number of aliphatic hydroxyl groups excluding tert-OH is 2. The largest absolute Gasteiger partial charge is 0.459 e. The monoisotopic (exact) mass is 980 g/mol. The maximum atomic E-state index is 14.5. The first-order valence-electron chi connectivity index (χ1n) is 23.8. The third-order valence-corrected chi connectivity index (χ3v) is 14.6. The zero-order valence-electron chi connectivity index (χ0n) is 42.8. The van der Waals surface area contributed by atoms with Crippen molar-refractivity contribution in [1.29, 1.82) is 0 Å². The molecule has 3 aliphatic rings. The van der Waals surface area contributed by atoms with E-state index in [9.17, 15) is 39.6 Å². The number of hydrogen-bond donors (Lipinski definition) is 6. The Balaban J connectivity index is 2.24. The summed E-state index contributed by atoms with van der Waals surface area (Å²) in [5.41, 5.74) is -4.72. The third-order valence-electron chi connectivity index (χ3n) is 14.3. The van der Waals surface area contributed by atoms with Crippen molar-refractivity contribution >= 4 is 36.4 Å². The number of hydrogen-bond acceptors (Lipinski definition) is 19. The first-order valence-corrected chi connectivity index (χ1v) is 24.5. The highest BCUT2D eigenvalue weighted by Crippen LogP contribution is 2.41. The van der Waals surface area contributed by atoms with Crippen molar-refractivity contribution < 1.29 is 77.5 Å². The van der Waals surface area contributed by atoms with E-state index in [1.54, 1.807) is 55.5 Å². The van der Waals surface area contributed by atoms with Crippen LogP contribution in [0.2, 0.25) is 0 Å². The molecule has 0 unspecified atom stereocenters. The molecule has 3 aliphatic heterocycles. The molecule has 3 heterocycles. The number of rotatable bonds is 14. The van der Waals surface area contributed by atoms with Crippen LogP contribution < -0.4 is 5.32 Å². The average Bonchev–Trinajstić information content (AvgIpc) is 3.25. The second-order valence-corrected chi connectivity index (χ2v) is 20.7. The summed E-state index contributed by atoms with van der Waals surface area (Å²) in [5, 5.41) is 50.0.